The summed E-state index contributed by atoms with van der Waals surface area (Å²) in [4.78, 5) is 2.49. The second-order valence-electron chi connectivity index (χ2n) is 26.3. The number of halogens is 7. The van der Waals surface area contributed by atoms with E-state index >= 15 is 0 Å². The zero-order chi connectivity index (χ0) is 49.9. The van der Waals surface area contributed by atoms with Gasteiger partial charge in [0.1, 0.15) is 11.3 Å². The Kier molecular flexibility index (Phi) is 23.8. The molecule has 0 aromatic carbocycles. The van der Waals surface area contributed by atoms with Crippen LogP contribution in [-0.4, -0.2) is 48.0 Å². The summed E-state index contributed by atoms with van der Waals surface area (Å²) in [6.07, 6.45) is 12.7. The summed E-state index contributed by atoms with van der Waals surface area (Å²) in [5.74, 6) is 4.06. The first-order valence-corrected chi connectivity index (χ1v) is 27.2. The molecule has 8 aliphatic carbocycles. The van der Waals surface area contributed by atoms with Gasteiger partial charge >= 0.3 is 6.18 Å². The van der Waals surface area contributed by atoms with Gasteiger partial charge in [-0.25, -0.2) is 17.6 Å². The lowest BCUT2D eigenvalue weighted by atomic mass is 9.33. The molecule has 9 rings (SSSR count). The molecule has 1 saturated heterocycles. The van der Waals surface area contributed by atoms with Crippen LogP contribution in [0.4, 0.5) is 30.7 Å². The van der Waals surface area contributed by atoms with Crippen LogP contribution in [0.3, 0.4) is 0 Å². The number of hydrogen-bond donors (Lipinski definition) is 0. The third kappa shape index (κ3) is 20.8. The van der Waals surface area contributed by atoms with E-state index in [2.05, 4.69) is 94.9 Å². The van der Waals surface area contributed by atoms with Crippen molar-refractivity contribution in [2.75, 3.05) is 19.6 Å². The van der Waals surface area contributed by atoms with Crippen molar-refractivity contribution in [1.82, 2.24) is 4.90 Å². The van der Waals surface area contributed by atoms with E-state index in [0.717, 1.165) is 111 Å². The van der Waals surface area contributed by atoms with Gasteiger partial charge in [-0.05, 0) is 185 Å². The SMILES string of the molecule is CC(C)C12CC(C)(C1)C2.CC(C)C1CC(C(F)(F)F)C1.CC(C)CC(F)(F)C1CCC1.CC(C)CC1(F)CC1.CC(C)CC1(F)CCC1.CC1CC(C(C)C)C1.CCN1CC(C(C)C)C1. The molecular weight excluding hydrogens is 832 g/mol. The van der Waals surface area contributed by atoms with E-state index in [9.17, 15) is 30.7 Å². The summed E-state index contributed by atoms with van der Waals surface area (Å²) in [5.41, 5.74) is 0.154. The maximum absolute atomic E-state index is 13.2. The molecule has 9 fully saturated rings. The van der Waals surface area contributed by atoms with Gasteiger partial charge in [0.05, 0.1) is 5.92 Å². The van der Waals surface area contributed by atoms with Crippen molar-refractivity contribution in [1.29, 1.82) is 0 Å². The van der Waals surface area contributed by atoms with Crippen molar-refractivity contribution >= 4 is 0 Å². The number of hydrogen-bond acceptors (Lipinski definition) is 1. The number of alkyl halides is 7. The molecule has 8 heteroatoms. The van der Waals surface area contributed by atoms with E-state index in [0.29, 0.717) is 36.5 Å². The van der Waals surface area contributed by atoms with Crippen LogP contribution in [0.5, 0.6) is 0 Å². The van der Waals surface area contributed by atoms with Gasteiger partial charge in [-0.1, -0.05) is 124 Å². The van der Waals surface area contributed by atoms with Crippen molar-refractivity contribution in [2.24, 2.45) is 87.8 Å². The average molecular weight is 938 g/mol. The van der Waals surface area contributed by atoms with E-state index in [1.165, 1.54) is 51.7 Å². The van der Waals surface area contributed by atoms with E-state index in [1.807, 2.05) is 27.7 Å². The Balaban J connectivity index is 0.000000261. The van der Waals surface area contributed by atoms with E-state index in [-0.39, 0.29) is 18.3 Å². The average Bonchev–Trinajstić information content (AvgIpc) is 3.73. The highest BCUT2D eigenvalue weighted by molar-refractivity contribution is 5.15. The summed E-state index contributed by atoms with van der Waals surface area (Å²) in [5, 5.41) is 0. The van der Waals surface area contributed by atoms with Crippen LogP contribution >= 0.6 is 0 Å². The van der Waals surface area contributed by atoms with Crippen LogP contribution < -0.4 is 0 Å². The van der Waals surface area contributed by atoms with Crippen LogP contribution in [0.1, 0.15) is 233 Å². The van der Waals surface area contributed by atoms with Crippen molar-refractivity contribution < 1.29 is 30.7 Å². The fourth-order valence-corrected chi connectivity index (χ4v) is 11.4. The number of nitrogens with zero attached hydrogens (tertiary/aromatic N) is 1. The van der Waals surface area contributed by atoms with E-state index in [4.69, 9.17) is 0 Å². The summed E-state index contributed by atoms with van der Waals surface area (Å²) in [6, 6.07) is 0. The lowest BCUT2D eigenvalue weighted by Gasteiger charge is -2.72. The normalized spacial score (nSPS) is 30.5. The zero-order valence-electron chi connectivity index (χ0n) is 45.4. The van der Waals surface area contributed by atoms with Crippen LogP contribution in [0.2, 0.25) is 0 Å². The Morgan fingerprint density at radius 2 is 0.969 bits per heavy atom. The van der Waals surface area contributed by atoms with Crippen molar-refractivity contribution in [3.05, 3.63) is 0 Å². The summed E-state index contributed by atoms with van der Waals surface area (Å²) in [6.45, 7) is 40.9. The predicted octanol–water partition coefficient (Wildman–Crippen LogP) is 19.3. The lowest BCUT2D eigenvalue weighted by molar-refractivity contribution is -0.217. The van der Waals surface area contributed by atoms with Gasteiger partial charge in [-0.15, -0.1) is 0 Å². The molecule has 0 aromatic heterocycles. The summed E-state index contributed by atoms with van der Waals surface area (Å²) >= 11 is 0. The Labute approximate surface area is 398 Å². The molecular formula is C57H106F7N. The monoisotopic (exact) mass is 938 g/mol. The maximum Gasteiger partial charge on any atom is 0.391 e. The molecule has 0 aromatic rings. The Morgan fingerprint density at radius 1 is 0.554 bits per heavy atom. The highest BCUT2D eigenvalue weighted by Crippen LogP contribution is 2.75. The van der Waals surface area contributed by atoms with Gasteiger partial charge in [0.2, 0.25) is 0 Å². The molecule has 388 valence electrons. The van der Waals surface area contributed by atoms with Crippen LogP contribution in [-0.2, 0) is 0 Å². The third-order valence-electron chi connectivity index (χ3n) is 16.8. The first-order chi connectivity index (χ1) is 29.7. The molecule has 9 aliphatic rings. The molecule has 0 amide bonds. The quantitative estimate of drug-likeness (QED) is 0.176. The summed E-state index contributed by atoms with van der Waals surface area (Å²) < 4.78 is 88.0. The second-order valence-corrected chi connectivity index (χ2v) is 26.3. The molecule has 1 nitrogen and oxygen atoms in total. The minimum Gasteiger partial charge on any atom is -0.303 e. The minimum absolute atomic E-state index is 0.0671. The van der Waals surface area contributed by atoms with Gasteiger partial charge in [0.15, 0.2) is 0 Å². The van der Waals surface area contributed by atoms with Crippen molar-refractivity contribution in [2.45, 2.75) is 257 Å². The van der Waals surface area contributed by atoms with Gasteiger partial charge in [-0.3, -0.25) is 0 Å². The first kappa shape index (κ1) is 60.6. The largest absolute Gasteiger partial charge is 0.391 e. The highest BCUT2D eigenvalue weighted by atomic mass is 19.4. The molecule has 0 atom stereocenters. The zero-order valence-corrected chi connectivity index (χ0v) is 45.4. The lowest BCUT2D eigenvalue weighted by Crippen LogP contribution is -2.62. The van der Waals surface area contributed by atoms with E-state index in [1.54, 1.807) is 0 Å². The standard InChI is InChI=1S/C9H16F2.C9H16.C8H13F3.C8H15F.C8H17N.C8H16.C7H13F/c1-7(2)6-9(10,11)8-4-3-5-8;1-7(2)9-4-8(3,5-9)6-9;1-5(2)6-3-7(4-6)8(9,10)11;1-7(2)6-8(9)4-3-5-8;1-4-9-5-8(6-9)7(2)3;1-6(2)8-4-7(3)5-8;1-6(2)5-7(8)3-4-7/h7-8H,3-6H2,1-2H3;7H,4-6H2,1-3H3;5-7H,3-4H2,1-2H3;7H,3-6H2,1-2H3;7-8H,4-6H2,1-3H3;6-8H,4-5H2,1-3H3;6H,3-5H2,1-2H3. The Hall–Kier alpha value is -0.530. The van der Waals surface area contributed by atoms with Gasteiger partial charge < -0.3 is 4.90 Å². The molecule has 8 saturated carbocycles. The minimum atomic E-state index is -3.94. The molecule has 0 spiro atoms. The Bertz CT molecular complexity index is 1270. The second kappa shape index (κ2) is 25.5. The van der Waals surface area contributed by atoms with E-state index < -0.39 is 29.4 Å². The van der Waals surface area contributed by atoms with Gasteiger partial charge in [0, 0.05) is 25.4 Å². The van der Waals surface area contributed by atoms with Crippen LogP contribution in [0.15, 0.2) is 0 Å². The maximum atomic E-state index is 13.2. The van der Waals surface area contributed by atoms with Crippen molar-refractivity contribution in [3.63, 3.8) is 0 Å². The fraction of sp³-hybridized carbons (Fsp3) is 1.00. The smallest absolute Gasteiger partial charge is 0.303 e. The van der Waals surface area contributed by atoms with Crippen molar-refractivity contribution in [3.8, 4) is 0 Å². The third-order valence-corrected chi connectivity index (χ3v) is 16.8. The van der Waals surface area contributed by atoms with Crippen LogP contribution in [0.25, 0.3) is 0 Å². The molecule has 1 heterocycles. The predicted molar refractivity (Wildman–Crippen MR) is 265 cm³/mol. The first-order valence-electron chi connectivity index (χ1n) is 27.2. The molecule has 1 aliphatic heterocycles. The van der Waals surface area contributed by atoms with Gasteiger partial charge in [-0.2, -0.15) is 13.2 Å². The number of rotatable bonds is 12. The molecule has 0 N–H and O–H groups in total. The van der Waals surface area contributed by atoms with Gasteiger partial charge in [0.25, 0.3) is 5.92 Å². The number of likely N-dealkylation sites (tertiary alicyclic amines) is 1. The molecule has 0 radical (unpaired) electrons. The highest BCUT2D eigenvalue weighted by Gasteiger charge is 2.65. The molecule has 2 bridgehead atoms. The fourth-order valence-electron chi connectivity index (χ4n) is 11.4. The Morgan fingerprint density at radius 3 is 1.15 bits per heavy atom. The summed E-state index contributed by atoms with van der Waals surface area (Å²) in [7, 11) is 0. The topological polar surface area (TPSA) is 3.24 Å². The molecule has 65 heavy (non-hydrogen) atoms. The molecule has 0 unspecified atom stereocenters. The van der Waals surface area contributed by atoms with Crippen LogP contribution in [0, 0.1) is 87.8 Å².